The molecule has 0 bridgehead atoms. The molecule has 1 N–H and O–H groups in total. The molecule has 1 heterocycles. The van der Waals surface area contributed by atoms with Crippen LogP contribution in [0.5, 0.6) is 5.75 Å². The number of rotatable bonds is 6. The van der Waals surface area contributed by atoms with Gasteiger partial charge in [0, 0.05) is 30.1 Å². The van der Waals surface area contributed by atoms with Crippen LogP contribution in [0.15, 0.2) is 22.7 Å². The minimum atomic E-state index is 0.235. The van der Waals surface area contributed by atoms with Crippen LogP contribution in [-0.4, -0.2) is 31.9 Å². The Balaban J connectivity index is 1.77. The molecule has 2 rings (SSSR count). The number of fused-ring (bicyclic) bond motifs is 1. The van der Waals surface area contributed by atoms with Gasteiger partial charge in [-0.3, -0.25) is 0 Å². The molecular formula is C14H20BrNO2. The van der Waals surface area contributed by atoms with Crippen molar-refractivity contribution >= 4 is 15.9 Å². The molecule has 3 nitrogen and oxygen atoms in total. The molecule has 0 spiro atoms. The van der Waals surface area contributed by atoms with Gasteiger partial charge in [0.05, 0.1) is 6.61 Å². The third-order valence-electron chi connectivity index (χ3n) is 3.03. The van der Waals surface area contributed by atoms with E-state index in [1.807, 2.05) is 19.1 Å². The van der Waals surface area contributed by atoms with Gasteiger partial charge in [-0.1, -0.05) is 15.9 Å². The largest absolute Gasteiger partial charge is 0.488 e. The van der Waals surface area contributed by atoms with Crippen molar-refractivity contribution in [2.24, 2.45) is 0 Å². The average Bonchev–Trinajstić information content (AvgIpc) is 2.75. The van der Waals surface area contributed by atoms with Crippen LogP contribution in [0, 0.1) is 0 Å². The Morgan fingerprint density at radius 3 is 3.17 bits per heavy atom. The van der Waals surface area contributed by atoms with Crippen LogP contribution in [0.1, 0.15) is 19.4 Å². The fourth-order valence-electron chi connectivity index (χ4n) is 2.09. The predicted molar refractivity (Wildman–Crippen MR) is 76.2 cm³/mol. The van der Waals surface area contributed by atoms with Crippen molar-refractivity contribution in [3.8, 4) is 5.75 Å². The van der Waals surface area contributed by atoms with Crippen LogP contribution < -0.4 is 10.1 Å². The van der Waals surface area contributed by atoms with E-state index in [2.05, 4.69) is 34.2 Å². The summed E-state index contributed by atoms with van der Waals surface area (Å²) in [6.07, 6.45) is 1.21. The van der Waals surface area contributed by atoms with Gasteiger partial charge < -0.3 is 14.8 Å². The highest BCUT2D eigenvalue weighted by atomic mass is 79.9. The van der Waals surface area contributed by atoms with E-state index in [0.717, 1.165) is 36.4 Å². The maximum Gasteiger partial charge on any atom is 0.123 e. The molecule has 0 saturated carbocycles. The summed E-state index contributed by atoms with van der Waals surface area (Å²) in [5.41, 5.74) is 1.29. The molecule has 18 heavy (non-hydrogen) atoms. The third kappa shape index (κ3) is 3.70. The van der Waals surface area contributed by atoms with Gasteiger partial charge >= 0.3 is 0 Å². The molecule has 1 aliphatic rings. The molecule has 0 fully saturated rings. The first kappa shape index (κ1) is 13.8. The number of nitrogens with one attached hydrogen (secondary N) is 1. The first-order valence-electron chi connectivity index (χ1n) is 6.45. The van der Waals surface area contributed by atoms with Crippen molar-refractivity contribution in [3.05, 3.63) is 28.2 Å². The molecule has 0 aliphatic carbocycles. The van der Waals surface area contributed by atoms with Crippen LogP contribution in [0.25, 0.3) is 0 Å². The summed E-state index contributed by atoms with van der Waals surface area (Å²) >= 11 is 3.49. The van der Waals surface area contributed by atoms with Crippen molar-refractivity contribution in [1.29, 1.82) is 0 Å². The number of hydrogen-bond donors (Lipinski definition) is 1. The summed E-state index contributed by atoms with van der Waals surface area (Å²) < 4.78 is 12.4. The van der Waals surface area contributed by atoms with Crippen LogP contribution in [0.4, 0.5) is 0 Å². The Morgan fingerprint density at radius 1 is 1.56 bits per heavy atom. The SMILES string of the molecule is CCOCC(C)NCC1Cc2cc(Br)ccc2O1. The quantitative estimate of drug-likeness (QED) is 0.876. The minimum absolute atomic E-state index is 0.235. The maximum atomic E-state index is 5.89. The fraction of sp³-hybridized carbons (Fsp3) is 0.571. The van der Waals surface area contributed by atoms with Crippen molar-refractivity contribution in [1.82, 2.24) is 5.32 Å². The highest BCUT2D eigenvalue weighted by Gasteiger charge is 2.22. The van der Waals surface area contributed by atoms with Gasteiger partial charge in [0.15, 0.2) is 0 Å². The molecular weight excluding hydrogens is 294 g/mol. The van der Waals surface area contributed by atoms with E-state index >= 15 is 0 Å². The van der Waals surface area contributed by atoms with Gasteiger partial charge in [-0.15, -0.1) is 0 Å². The molecule has 100 valence electrons. The summed E-state index contributed by atoms with van der Waals surface area (Å²) in [6, 6.07) is 6.55. The van der Waals surface area contributed by atoms with Crippen molar-refractivity contribution in [2.75, 3.05) is 19.8 Å². The standard InChI is InChI=1S/C14H20BrNO2/c1-3-17-9-10(2)16-8-13-7-11-6-12(15)4-5-14(11)18-13/h4-6,10,13,16H,3,7-9H2,1-2H3. The second kappa shape index (κ2) is 6.55. The number of ether oxygens (including phenoxy) is 2. The number of benzene rings is 1. The van der Waals surface area contributed by atoms with Crippen LogP contribution in [0.2, 0.25) is 0 Å². The summed E-state index contributed by atoms with van der Waals surface area (Å²) in [5, 5.41) is 3.45. The molecule has 2 unspecified atom stereocenters. The molecule has 4 heteroatoms. The molecule has 1 aromatic carbocycles. The van der Waals surface area contributed by atoms with Gasteiger partial charge in [-0.2, -0.15) is 0 Å². The Morgan fingerprint density at radius 2 is 2.39 bits per heavy atom. The molecule has 0 radical (unpaired) electrons. The van der Waals surface area contributed by atoms with Crippen molar-refractivity contribution < 1.29 is 9.47 Å². The zero-order valence-electron chi connectivity index (χ0n) is 10.9. The smallest absolute Gasteiger partial charge is 0.123 e. The zero-order chi connectivity index (χ0) is 13.0. The lowest BCUT2D eigenvalue weighted by atomic mass is 10.1. The average molecular weight is 314 g/mol. The molecule has 1 aromatic rings. The molecule has 2 atom stereocenters. The van der Waals surface area contributed by atoms with Gasteiger partial charge in [0.1, 0.15) is 11.9 Å². The molecule has 0 amide bonds. The monoisotopic (exact) mass is 313 g/mol. The van der Waals surface area contributed by atoms with E-state index in [4.69, 9.17) is 9.47 Å². The van der Waals surface area contributed by atoms with Gasteiger partial charge in [0.25, 0.3) is 0 Å². The highest BCUT2D eigenvalue weighted by Crippen LogP contribution is 2.30. The Hall–Kier alpha value is -0.580. The van der Waals surface area contributed by atoms with Gasteiger partial charge in [0.2, 0.25) is 0 Å². The van der Waals surface area contributed by atoms with Crippen LogP contribution in [0.3, 0.4) is 0 Å². The predicted octanol–water partition coefficient (Wildman–Crippen LogP) is 2.77. The lowest BCUT2D eigenvalue weighted by molar-refractivity contribution is 0.122. The summed E-state index contributed by atoms with van der Waals surface area (Å²) in [7, 11) is 0. The fourth-order valence-corrected chi connectivity index (χ4v) is 2.50. The lowest BCUT2D eigenvalue weighted by Crippen LogP contribution is -2.38. The van der Waals surface area contributed by atoms with Crippen LogP contribution in [-0.2, 0) is 11.2 Å². The van der Waals surface area contributed by atoms with Gasteiger partial charge in [-0.25, -0.2) is 0 Å². The van der Waals surface area contributed by atoms with Crippen LogP contribution >= 0.6 is 15.9 Å². The minimum Gasteiger partial charge on any atom is -0.488 e. The summed E-state index contributed by atoms with van der Waals surface area (Å²) in [5.74, 6) is 1.02. The van der Waals surface area contributed by atoms with E-state index in [0.29, 0.717) is 6.04 Å². The first-order chi connectivity index (χ1) is 8.69. The van der Waals surface area contributed by atoms with Crippen molar-refractivity contribution in [2.45, 2.75) is 32.4 Å². The van der Waals surface area contributed by atoms with E-state index < -0.39 is 0 Å². The maximum absolute atomic E-state index is 5.89. The molecule has 0 saturated heterocycles. The number of halogens is 1. The topological polar surface area (TPSA) is 30.5 Å². The Labute approximate surface area is 117 Å². The third-order valence-corrected chi connectivity index (χ3v) is 3.52. The van der Waals surface area contributed by atoms with E-state index in [1.165, 1.54) is 5.56 Å². The highest BCUT2D eigenvalue weighted by molar-refractivity contribution is 9.10. The van der Waals surface area contributed by atoms with E-state index in [9.17, 15) is 0 Å². The second-order valence-electron chi connectivity index (χ2n) is 4.66. The first-order valence-corrected chi connectivity index (χ1v) is 7.24. The number of hydrogen-bond acceptors (Lipinski definition) is 3. The molecule has 1 aliphatic heterocycles. The van der Waals surface area contributed by atoms with E-state index in [-0.39, 0.29) is 6.10 Å². The molecule has 0 aromatic heterocycles. The van der Waals surface area contributed by atoms with E-state index in [1.54, 1.807) is 0 Å². The van der Waals surface area contributed by atoms with Crippen molar-refractivity contribution in [3.63, 3.8) is 0 Å². The summed E-state index contributed by atoms with van der Waals surface area (Å²) in [6.45, 7) is 6.53. The Bertz CT molecular complexity index is 397. The summed E-state index contributed by atoms with van der Waals surface area (Å²) in [4.78, 5) is 0. The zero-order valence-corrected chi connectivity index (χ0v) is 12.5. The second-order valence-corrected chi connectivity index (χ2v) is 5.58. The lowest BCUT2D eigenvalue weighted by Gasteiger charge is -2.17. The normalized spacial score (nSPS) is 19.4. The van der Waals surface area contributed by atoms with Gasteiger partial charge in [-0.05, 0) is 37.6 Å². The Kier molecular flexibility index (Phi) is 5.03.